The van der Waals surface area contributed by atoms with Gasteiger partial charge in [0.2, 0.25) is 0 Å². The van der Waals surface area contributed by atoms with Crippen molar-refractivity contribution >= 4 is 33.4 Å². The van der Waals surface area contributed by atoms with Crippen LogP contribution < -0.4 is 5.32 Å². The number of amides is 1. The van der Waals surface area contributed by atoms with Gasteiger partial charge in [-0.2, -0.15) is 0 Å². The van der Waals surface area contributed by atoms with Gasteiger partial charge >= 0.3 is 0 Å². The van der Waals surface area contributed by atoms with Crippen LogP contribution in [-0.2, 0) is 0 Å². The van der Waals surface area contributed by atoms with Gasteiger partial charge in [-0.25, -0.2) is 0 Å². The number of carbonyl (C=O) groups is 1. The SMILES string of the molecule is Cc1c(Br)cccc1C(=O)NCC(C)Cl. The van der Waals surface area contributed by atoms with E-state index in [-0.39, 0.29) is 11.3 Å². The Balaban J connectivity index is 2.78. The molecule has 1 amide bonds. The Morgan fingerprint density at radius 3 is 2.87 bits per heavy atom. The first-order valence-electron chi connectivity index (χ1n) is 4.69. The fraction of sp³-hybridized carbons (Fsp3) is 0.364. The predicted molar refractivity (Wildman–Crippen MR) is 66.5 cm³/mol. The van der Waals surface area contributed by atoms with Crippen molar-refractivity contribution in [3.05, 3.63) is 33.8 Å². The first-order valence-corrected chi connectivity index (χ1v) is 5.92. The van der Waals surface area contributed by atoms with Crippen molar-refractivity contribution in [2.75, 3.05) is 6.54 Å². The standard InChI is InChI=1S/C11H13BrClNO/c1-7(13)6-14-11(15)9-4-3-5-10(12)8(9)2/h3-5,7H,6H2,1-2H3,(H,14,15). The minimum atomic E-state index is -0.0821. The fourth-order valence-electron chi connectivity index (χ4n) is 1.18. The third-order valence-corrected chi connectivity index (χ3v) is 3.07. The zero-order chi connectivity index (χ0) is 11.4. The average Bonchev–Trinajstić information content (AvgIpc) is 2.18. The summed E-state index contributed by atoms with van der Waals surface area (Å²) in [5.41, 5.74) is 1.62. The third kappa shape index (κ3) is 3.50. The van der Waals surface area contributed by atoms with Gasteiger partial charge in [-0.15, -0.1) is 11.6 Å². The topological polar surface area (TPSA) is 29.1 Å². The molecule has 1 aromatic carbocycles. The quantitative estimate of drug-likeness (QED) is 0.852. The van der Waals surface area contributed by atoms with Crippen molar-refractivity contribution in [1.82, 2.24) is 5.32 Å². The van der Waals surface area contributed by atoms with Gasteiger partial charge in [0.05, 0.1) is 0 Å². The molecule has 0 aliphatic heterocycles. The molecule has 15 heavy (non-hydrogen) atoms. The highest BCUT2D eigenvalue weighted by Crippen LogP contribution is 2.19. The van der Waals surface area contributed by atoms with Crippen molar-refractivity contribution < 1.29 is 4.79 Å². The van der Waals surface area contributed by atoms with Gasteiger partial charge in [-0.05, 0) is 31.5 Å². The molecular weight excluding hydrogens is 277 g/mol. The monoisotopic (exact) mass is 289 g/mol. The number of halogens is 2. The van der Waals surface area contributed by atoms with Gasteiger partial charge in [-0.1, -0.05) is 22.0 Å². The highest BCUT2D eigenvalue weighted by Gasteiger charge is 2.10. The normalized spacial score (nSPS) is 12.3. The van der Waals surface area contributed by atoms with Gasteiger partial charge in [0.15, 0.2) is 0 Å². The van der Waals surface area contributed by atoms with E-state index in [0.29, 0.717) is 12.1 Å². The second-order valence-corrected chi connectivity index (χ2v) is 5.00. The highest BCUT2D eigenvalue weighted by atomic mass is 79.9. The Bertz CT molecular complexity index is 366. The molecule has 0 heterocycles. The van der Waals surface area contributed by atoms with Crippen molar-refractivity contribution in [2.24, 2.45) is 0 Å². The van der Waals surface area contributed by atoms with Crippen LogP contribution in [-0.4, -0.2) is 17.8 Å². The van der Waals surface area contributed by atoms with Crippen LogP contribution in [0.5, 0.6) is 0 Å². The number of benzene rings is 1. The lowest BCUT2D eigenvalue weighted by Crippen LogP contribution is -2.29. The van der Waals surface area contributed by atoms with Gasteiger partial charge in [0, 0.05) is 22.0 Å². The summed E-state index contributed by atoms with van der Waals surface area (Å²) in [5, 5.41) is 2.72. The maximum absolute atomic E-state index is 11.7. The van der Waals surface area contributed by atoms with E-state index in [1.165, 1.54) is 0 Å². The summed E-state index contributed by atoms with van der Waals surface area (Å²) in [6, 6.07) is 5.56. The molecule has 0 aliphatic rings. The predicted octanol–water partition coefficient (Wildman–Crippen LogP) is 3.11. The van der Waals surface area contributed by atoms with Crippen LogP contribution in [0.25, 0.3) is 0 Å². The fourth-order valence-corrected chi connectivity index (χ4v) is 1.63. The van der Waals surface area contributed by atoms with Crippen LogP contribution in [0.3, 0.4) is 0 Å². The third-order valence-electron chi connectivity index (χ3n) is 2.06. The van der Waals surface area contributed by atoms with E-state index in [9.17, 15) is 4.79 Å². The summed E-state index contributed by atoms with van der Waals surface area (Å²) in [4.78, 5) is 11.7. The molecule has 0 spiro atoms. The van der Waals surface area contributed by atoms with E-state index in [2.05, 4.69) is 21.2 Å². The second-order valence-electron chi connectivity index (χ2n) is 3.40. The zero-order valence-electron chi connectivity index (χ0n) is 8.68. The highest BCUT2D eigenvalue weighted by molar-refractivity contribution is 9.10. The second kappa shape index (κ2) is 5.52. The summed E-state index contributed by atoms with van der Waals surface area (Å²) in [5.74, 6) is -0.0821. The number of hydrogen-bond acceptors (Lipinski definition) is 1. The minimum Gasteiger partial charge on any atom is -0.351 e. The molecular formula is C11H13BrClNO. The Kier molecular flexibility index (Phi) is 4.61. The molecule has 1 unspecified atom stereocenters. The van der Waals surface area contributed by atoms with Crippen molar-refractivity contribution in [3.8, 4) is 0 Å². The molecule has 1 rings (SSSR count). The average molecular weight is 291 g/mol. The lowest BCUT2D eigenvalue weighted by molar-refractivity contribution is 0.0953. The number of nitrogens with one attached hydrogen (secondary N) is 1. The number of rotatable bonds is 3. The van der Waals surface area contributed by atoms with E-state index in [4.69, 9.17) is 11.6 Å². The Labute approximate surface area is 103 Å². The Morgan fingerprint density at radius 2 is 2.27 bits per heavy atom. The molecule has 2 nitrogen and oxygen atoms in total. The molecule has 0 saturated carbocycles. The van der Waals surface area contributed by atoms with Gasteiger partial charge in [0.25, 0.3) is 5.91 Å². The van der Waals surface area contributed by atoms with Crippen molar-refractivity contribution in [2.45, 2.75) is 19.2 Å². The lowest BCUT2D eigenvalue weighted by Gasteiger charge is -2.09. The largest absolute Gasteiger partial charge is 0.351 e. The molecule has 0 fully saturated rings. The van der Waals surface area contributed by atoms with E-state index in [1.54, 1.807) is 6.07 Å². The number of carbonyl (C=O) groups excluding carboxylic acids is 1. The van der Waals surface area contributed by atoms with Crippen LogP contribution >= 0.6 is 27.5 Å². The first-order chi connectivity index (χ1) is 7.02. The molecule has 82 valence electrons. The Hall–Kier alpha value is -0.540. The molecule has 0 bridgehead atoms. The van der Waals surface area contributed by atoms with Crippen LogP contribution in [0.4, 0.5) is 0 Å². The molecule has 1 aromatic rings. The summed E-state index contributed by atoms with van der Waals surface area (Å²) >= 11 is 9.14. The van der Waals surface area contributed by atoms with Crippen LogP contribution in [0.2, 0.25) is 0 Å². The van der Waals surface area contributed by atoms with Gasteiger partial charge in [0.1, 0.15) is 0 Å². The van der Waals surface area contributed by atoms with Crippen molar-refractivity contribution in [1.29, 1.82) is 0 Å². The molecule has 0 radical (unpaired) electrons. The molecule has 0 aliphatic carbocycles. The number of hydrogen-bond donors (Lipinski definition) is 1. The maximum Gasteiger partial charge on any atom is 0.251 e. The molecule has 4 heteroatoms. The van der Waals surface area contributed by atoms with Gasteiger partial charge < -0.3 is 5.32 Å². The first kappa shape index (κ1) is 12.5. The lowest BCUT2D eigenvalue weighted by atomic mass is 10.1. The van der Waals surface area contributed by atoms with E-state index in [1.807, 2.05) is 26.0 Å². The summed E-state index contributed by atoms with van der Waals surface area (Å²) < 4.78 is 0.939. The zero-order valence-corrected chi connectivity index (χ0v) is 11.0. The molecule has 0 aromatic heterocycles. The van der Waals surface area contributed by atoms with Crippen molar-refractivity contribution in [3.63, 3.8) is 0 Å². The van der Waals surface area contributed by atoms with E-state index >= 15 is 0 Å². The van der Waals surface area contributed by atoms with Crippen LogP contribution in [0.15, 0.2) is 22.7 Å². The summed E-state index contributed by atoms with van der Waals surface area (Å²) in [6.07, 6.45) is 0. The molecule has 1 atom stereocenters. The van der Waals surface area contributed by atoms with E-state index in [0.717, 1.165) is 10.0 Å². The smallest absolute Gasteiger partial charge is 0.251 e. The summed E-state index contributed by atoms with van der Waals surface area (Å²) in [7, 11) is 0. The van der Waals surface area contributed by atoms with Gasteiger partial charge in [-0.3, -0.25) is 4.79 Å². The maximum atomic E-state index is 11.7. The number of alkyl halides is 1. The molecule has 0 saturated heterocycles. The minimum absolute atomic E-state index is 0.0543. The van der Waals surface area contributed by atoms with Crippen LogP contribution in [0, 0.1) is 6.92 Å². The molecule has 1 N–H and O–H groups in total. The summed E-state index contributed by atoms with van der Waals surface area (Å²) in [6.45, 7) is 4.23. The van der Waals surface area contributed by atoms with E-state index < -0.39 is 0 Å². The van der Waals surface area contributed by atoms with Crippen LogP contribution in [0.1, 0.15) is 22.8 Å². The Morgan fingerprint density at radius 1 is 1.60 bits per heavy atom.